The van der Waals surface area contributed by atoms with Gasteiger partial charge in [-0.15, -0.1) is 0 Å². The SMILES string of the molecule is CC[C@H](NC[C@@H]1C[C@@H](S(=O)(=O)c2ccccc2Cl)CN1C(=O)C1(c2ncc(Cl)cc2F)CC1)C(=O)C(=O)NC1CC1. The van der Waals surface area contributed by atoms with E-state index in [1.54, 1.807) is 19.1 Å². The number of benzene rings is 1. The lowest BCUT2D eigenvalue weighted by Crippen LogP contribution is -2.51. The number of sulfone groups is 1. The van der Waals surface area contributed by atoms with Gasteiger partial charge in [0.25, 0.3) is 5.91 Å². The molecule has 5 rings (SSSR count). The van der Waals surface area contributed by atoms with Gasteiger partial charge in [0.05, 0.1) is 37.3 Å². The molecule has 3 atom stereocenters. The number of hydrogen-bond acceptors (Lipinski definition) is 7. The van der Waals surface area contributed by atoms with Crippen molar-refractivity contribution in [1.29, 1.82) is 0 Å². The predicted molar refractivity (Wildman–Crippen MR) is 151 cm³/mol. The number of nitrogens with zero attached hydrogens (tertiary/aromatic N) is 2. The van der Waals surface area contributed by atoms with Gasteiger partial charge in [-0.1, -0.05) is 42.3 Å². The van der Waals surface area contributed by atoms with Gasteiger partial charge in [-0.05, 0) is 56.7 Å². The Morgan fingerprint density at radius 3 is 2.51 bits per heavy atom. The van der Waals surface area contributed by atoms with E-state index in [-0.39, 0.29) is 46.2 Å². The van der Waals surface area contributed by atoms with Crippen LogP contribution in [0.15, 0.2) is 41.4 Å². The second-order valence-electron chi connectivity index (χ2n) is 11.0. The standard InChI is InChI=1S/C28H31Cl2FN4O5S/c1-2-22(24(36)26(37)34-17-7-8-17)32-14-18-12-19(41(39,40)23-6-4-3-5-20(23)30)15-35(18)27(38)28(9-10-28)25-21(31)11-16(29)13-33-25/h3-6,11,13,17-19,22,32H,2,7-10,12,14-15H2,1H3,(H,34,37)/t18-,19+,22-/m0/s1. The first-order valence-corrected chi connectivity index (χ1v) is 16.0. The Bertz CT molecular complexity index is 1480. The van der Waals surface area contributed by atoms with Crippen LogP contribution in [0.1, 0.15) is 51.1 Å². The minimum absolute atomic E-state index is 0.0191. The molecular weight excluding hydrogens is 594 g/mol. The molecule has 3 fully saturated rings. The number of rotatable bonds is 11. The Hall–Kier alpha value is -2.60. The van der Waals surface area contributed by atoms with Crippen molar-refractivity contribution in [3.05, 3.63) is 58.1 Å². The fourth-order valence-corrected chi connectivity index (χ4v) is 7.86. The van der Waals surface area contributed by atoms with Crippen LogP contribution in [0.2, 0.25) is 10.0 Å². The largest absolute Gasteiger partial charge is 0.347 e. The van der Waals surface area contributed by atoms with Crippen LogP contribution in [0.4, 0.5) is 4.39 Å². The maximum Gasteiger partial charge on any atom is 0.289 e. The number of amides is 2. The van der Waals surface area contributed by atoms with Crippen molar-refractivity contribution < 1.29 is 27.2 Å². The summed E-state index contributed by atoms with van der Waals surface area (Å²) in [5, 5.41) is 4.99. The van der Waals surface area contributed by atoms with E-state index in [2.05, 4.69) is 15.6 Å². The second-order valence-corrected chi connectivity index (χ2v) is 14.0. The Morgan fingerprint density at radius 2 is 1.90 bits per heavy atom. The molecule has 0 spiro atoms. The first-order valence-electron chi connectivity index (χ1n) is 13.7. The molecule has 1 aromatic heterocycles. The van der Waals surface area contributed by atoms with Gasteiger partial charge in [0.2, 0.25) is 11.7 Å². The van der Waals surface area contributed by atoms with E-state index in [0.29, 0.717) is 19.3 Å². The van der Waals surface area contributed by atoms with Crippen LogP contribution in [0.5, 0.6) is 0 Å². The number of nitrogens with one attached hydrogen (secondary N) is 2. The van der Waals surface area contributed by atoms with Crippen molar-refractivity contribution in [2.75, 3.05) is 13.1 Å². The number of likely N-dealkylation sites (tertiary alicyclic amines) is 1. The highest BCUT2D eigenvalue weighted by Crippen LogP contribution is 2.51. The van der Waals surface area contributed by atoms with E-state index in [9.17, 15) is 27.2 Å². The number of ketones is 1. The Kier molecular flexibility index (Phi) is 8.44. The first-order chi connectivity index (χ1) is 19.5. The van der Waals surface area contributed by atoms with Gasteiger partial charge in [-0.3, -0.25) is 19.4 Å². The second kappa shape index (κ2) is 11.6. The molecule has 2 N–H and O–H groups in total. The minimum atomic E-state index is -3.94. The molecule has 41 heavy (non-hydrogen) atoms. The maximum atomic E-state index is 14.9. The first kappa shape index (κ1) is 29.9. The lowest BCUT2D eigenvalue weighted by Gasteiger charge is -2.30. The third kappa shape index (κ3) is 6.00. The van der Waals surface area contributed by atoms with Crippen LogP contribution >= 0.6 is 23.2 Å². The summed E-state index contributed by atoms with van der Waals surface area (Å²) in [6, 6.07) is 5.80. The third-order valence-electron chi connectivity index (χ3n) is 8.10. The van der Waals surface area contributed by atoms with Gasteiger partial charge >= 0.3 is 0 Å². The molecular formula is C28H31Cl2FN4O5S. The molecule has 2 aromatic rings. The Labute approximate surface area is 248 Å². The number of pyridine rings is 1. The maximum absolute atomic E-state index is 14.9. The van der Waals surface area contributed by atoms with E-state index in [1.807, 2.05) is 0 Å². The van der Waals surface area contributed by atoms with Gasteiger partial charge in [-0.2, -0.15) is 0 Å². The summed E-state index contributed by atoms with van der Waals surface area (Å²) in [5.74, 6) is -2.40. The highest BCUT2D eigenvalue weighted by molar-refractivity contribution is 7.92. The Morgan fingerprint density at radius 1 is 1.20 bits per heavy atom. The molecule has 0 radical (unpaired) electrons. The summed E-state index contributed by atoms with van der Waals surface area (Å²) in [4.78, 5) is 44.8. The van der Waals surface area contributed by atoms with Crippen LogP contribution in [0.25, 0.3) is 0 Å². The van der Waals surface area contributed by atoms with Crippen molar-refractivity contribution in [3.8, 4) is 0 Å². The smallest absolute Gasteiger partial charge is 0.289 e. The van der Waals surface area contributed by atoms with E-state index in [4.69, 9.17) is 23.2 Å². The van der Waals surface area contributed by atoms with E-state index in [0.717, 1.165) is 18.9 Å². The highest BCUT2D eigenvalue weighted by Gasteiger charge is 2.58. The number of halogens is 3. The van der Waals surface area contributed by atoms with Crippen molar-refractivity contribution in [3.63, 3.8) is 0 Å². The average molecular weight is 626 g/mol. The molecule has 0 bridgehead atoms. The number of hydrogen-bond donors (Lipinski definition) is 2. The monoisotopic (exact) mass is 624 g/mol. The van der Waals surface area contributed by atoms with Gasteiger partial charge in [-0.25, -0.2) is 12.8 Å². The summed E-state index contributed by atoms with van der Waals surface area (Å²) in [6.07, 6.45) is 4.06. The summed E-state index contributed by atoms with van der Waals surface area (Å²) in [7, 11) is -3.94. The summed E-state index contributed by atoms with van der Waals surface area (Å²) >= 11 is 12.1. The molecule has 1 saturated heterocycles. The van der Waals surface area contributed by atoms with Crippen LogP contribution in [-0.4, -0.2) is 72.4 Å². The normalized spacial score (nSPS) is 22.3. The molecule has 2 saturated carbocycles. The zero-order valence-electron chi connectivity index (χ0n) is 22.4. The quantitative estimate of drug-likeness (QED) is 0.368. The van der Waals surface area contributed by atoms with Crippen LogP contribution in [-0.2, 0) is 29.6 Å². The zero-order chi connectivity index (χ0) is 29.5. The average Bonchev–Trinajstić information content (AvgIpc) is 3.87. The highest BCUT2D eigenvalue weighted by atomic mass is 35.5. The lowest BCUT2D eigenvalue weighted by atomic mass is 9.98. The molecule has 220 valence electrons. The number of carbonyl (C=O) groups excluding carboxylic acids is 3. The van der Waals surface area contributed by atoms with Gasteiger partial charge < -0.3 is 15.5 Å². The van der Waals surface area contributed by atoms with Crippen LogP contribution in [0, 0.1) is 5.82 Å². The lowest BCUT2D eigenvalue weighted by molar-refractivity contribution is -0.139. The fourth-order valence-electron chi connectivity index (χ4n) is 5.46. The molecule has 0 unspecified atom stereocenters. The van der Waals surface area contributed by atoms with Crippen LogP contribution < -0.4 is 10.6 Å². The van der Waals surface area contributed by atoms with Crippen molar-refractivity contribution >= 4 is 50.6 Å². The predicted octanol–water partition coefficient (Wildman–Crippen LogP) is 3.22. The summed E-state index contributed by atoms with van der Waals surface area (Å²) in [5.41, 5.74) is -1.24. The van der Waals surface area contributed by atoms with Crippen molar-refractivity contribution in [1.82, 2.24) is 20.5 Å². The van der Waals surface area contributed by atoms with Gasteiger partial charge in [0, 0.05) is 31.4 Å². The molecule has 2 heterocycles. The summed E-state index contributed by atoms with van der Waals surface area (Å²) in [6.45, 7) is 1.69. The summed E-state index contributed by atoms with van der Waals surface area (Å²) < 4.78 is 42.2. The number of Topliss-reactive ketones (excluding diaryl/α,β-unsaturated/α-hetero) is 1. The molecule has 3 aliphatic rings. The molecule has 1 aliphatic heterocycles. The number of aromatic nitrogens is 1. The molecule has 2 aliphatic carbocycles. The molecule has 13 heteroatoms. The molecule has 9 nitrogen and oxygen atoms in total. The Balaban J connectivity index is 1.40. The third-order valence-corrected chi connectivity index (χ3v) is 10.9. The molecule has 2 amide bonds. The van der Waals surface area contributed by atoms with Gasteiger partial charge in [0.1, 0.15) is 5.82 Å². The zero-order valence-corrected chi connectivity index (χ0v) is 24.7. The van der Waals surface area contributed by atoms with Gasteiger partial charge in [0.15, 0.2) is 9.84 Å². The minimum Gasteiger partial charge on any atom is -0.347 e. The van der Waals surface area contributed by atoms with E-state index < -0.39 is 56.0 Å². The topological polar surface area (TPSA) is 126 Å². The van der Waals surface area contributed by atoms with Crippen molar-refractivity contribution in [2.24, 2.45) is 0 Å². The van der Waals surface area contributed by atoms with E-state index in [1.165, 1.54) is 23.2 Å². The van der Waals surface area contributed by atoms with Crippen molar-refractivity contribution in [2.45, 2.75) is 79.1 Å². The fraction of sp³-hybridized carbons (Fsp3) is 0.500. The van der Waals surface area contributed by atoms with Crippen LogP contribution in [0.3, 0.4) is 0 Å². The number of carbonyl (C=O) groups is 3. The molecule has 1 aromatic carbocycles. The van der Waals surface area contributed by atoms with E-state index >= 15 is 0 Å².